The van der Waals surface area contributed by atoms with Gasteiger partial charge in [-0.25, -0.2) is 13.4 Å². The highest BCUT2D eigenvalue weighted by molar-refractivity contribution is 7.89. The number of hydrogen-bond donors (Lipinski definition) is 5. The molecule has 1 fully saturated rings. The maximum Gasteiger partial charge on any atom is 0.451 e. The fourth-order valence-electron chi connectivity index (χ4n) is 4.91. The summed E-state index contributed by atoms with van der Waals surface area (Å²) in [4.78, 5) is 32.9. The van der Waals surface area contributed by atoms with E-state index in [4.69, 9.17) is 30.6 Å². The molecule has 0 spiro atoms. The van der Waals surface area contributed by atoms with Crippen molar-refractivity contribution in [1.29, 1.82) is 0 Å². The van der Waals surface area contributed by atoms with Gasteiger partial charge in [0.15, 0.2) is 5.52 Å². The van der Waals surface area contributed by atoms with Crippen LogP contribution in [-0.4, -0.2) is 111 Å². The molecule has 0 unspecified atom stereocenters. The number of piperazine rings is 1. The number of aryl methyl sites for hydroxylation is 2. The van der Waals surface area contributed by atoms with E-state index in [1.54, 1.807) is 25.2 Å². The molecule has 3 heterocycles. The van der Waals surface area contributed by atoms with Gasteiger partial charge in [0, 0.05) is 33.2 Å². The van der Waals surface area contributed by atoms with Crippen LogP contribution in [0.3, 0.4) is 0 Å². The van der Waals surface area contributed by atoms with Gasteiger partial charge < -0.3 is 35.5 Å². The van der Waals surface area contributed by atoms with Crippen LogP contribution in [0.4, 0.5) is 0 Å². The Morgan fingerprint density at radius 1 is 1.16 bits per heavy atom. The molecule has 1 aliphatic heterocycles. The molecular formula is C28H44BN7O8S. The molecular weight excluding hydrogens is 605 g/mol. The second-order valence-electron chi connectivity index (χ2n) is 10.9. The van der Waals surface area contributed by atoms with Gasteiger partial charge in [0.05, 0.1) is 22.8 Å². The van der Waals surface area contributed by atoms with Crippen LogP contribution < -0.4 is 16.0 Å². The number of nitrogens with two attached hydrogens (primary N) is 1. The Morgan fingerprint density at radius 3 is 2.44 bits per heavy atom. The first-order chi connectivity index (χ1) is 21.3. The number of carboxylic acids is 1. The van der Waals surface area contributed by atoms with Crippen molar-refractivity contribution >= 4 is 34.1 Å². The molecule has 4 rings (SSSR count). The largest absolute Gasteiger partial charge is 0.493 e. The van der Waals surface area contributed by atoms with Crippen molar-refractivity contribution in [3.63, 3.8) is 0 Å². The molecule has 1 saturated heterocycles. The Kier molecular flexibility index (Phi) is 13.1. The van der Waals surface area contributed by atoms with Gasteiger partial charge in [-0.2, -0.15) is 9.40 Å². The smallest absolute Gasteiger partial charge is 0.451 e. The number of carbonyl (C=O) groups is 1. The number of nitrogens with one attached hydrogen (secondary N) is 1. The highest BCUT2D eigenvalue weighted by atomic mass is 32.2. The minimum absolute atomic E-state index is 0.147. The molecule has 2 aromatic heterocycles. The second kappa shape index (κ2) is 16.3. The molecule has 248 valence electrons. The molecule has 1 atom stereocenters. The van der Waals surface area contributed by atoms with Crippen LogP contribution in [0.5, 0.6) is 5.75 Å². The van der Waals surface area contributed by atoms with Crippen molar-refractivity contribution in [3.05, 3.63) is 34.2 Å². The highest BCUT2D eigenvalue weighted by Gasteiger charge is 2.29. The summed E-state index contributed by atoms with van der Waals surface area (Å²) in [6.45, 7) is 6.48. The van der Waals surface area contributed by atoms with Crippen molar-refractivity contribution in [2.24, 2.45) is 12.8 Å². The number of rotatable bonds is 13. The topological polar surface area (TPSA) is 217 Å². The minimum atomic E-state index is -3.70. The van der Waals surface area contributed by atoms with Crippen molar-refractivity contribution < 1.29 is 33.1 Å². The van der Waals surface area contributed by atoms with E-state index in [9.17, 15) is 18.0 Å². The molecule has 15 nitrogen and oxygen atoms in total. The molecule has 1 aliphatic rings. The summed E-state index contributed by atoms with van der Waals surface area (Å²) in [5, 5.41) is 29.7. The lowest BCUT2D eigenvalue weighted by atomic mass is 9.83. The SMILES string of the molecule is CCCc1nn(C)c2c(=O)[nH]c(-c3cc(S(=O)(=O)N4CCN(C)CC4)ccc3OCC)nc12.N[C@@H](CCCCB(O)O)C(=O)O. The second-order valence-corrected chi connectivity index (χ2v) is 12.9. The summed E-state index contributed by atoms with van der Waals surface area (Å²) < 4.78 is 35.4. The van der Waals surface area contributed by atoms with Crippen LogP contribution >= 0.6 is 0 Å². The maximum atomic E-state index is 13.3. The van der Waals surface area contributed by atoms with Gasteiger partial charge in [0.1, 0.15) is 23.1 Å². The average Bonchev–Trinajstić information content (AvgIpc) is 3.31. The lowest BCUT2D eigenvalue weighted by Gasteiger charge is -2.31. The van der Waals surface area contributed by atoms with Gasteiger partial charge in [-0.3, -0.25) is 14.3 Å². The zero-order valence-corrected chi connectivity index (χ0v) is 27.1. The average molecular weight is 650 g/mol. The third-order valence-electron chi connectivity index (χ3n) is 7.40. The fourth-order valence-corrected chi connectivity index (χ4v) is 6.36. The van der Waals surface area contributed by atoms with Crippen molar-refractivity contribution in [3.8, 4) is 17.1 Å². The third-order valence-corrected chi connectivity index (χ3v) is 9.29. The molecule has 0 bridgehead atoms. The van der Waals surface area contributed by atoms with E-state index in [0.29, 0.717) is 80.8 Å². The lowest BCUT2D eigenvalue weighted by molar-refractivity contribution is -0.138. The van der Waals surface area contributed by atoms with E-state index in [2.05, 4.69) is 15.0 Å². The van der Waals surface area contributed by atoms with Crippen molar-refractivity contribution in [1.82, 2.24) is 29.0 Å². The Balaban J connectivity index is 0.000000392. The van der Waals surface area contributed by atoms with E-state index < -0.39 is 29.2 Å². The van der Waals surface area contributed by atoms with E-state index in [1.165, 1.54) is 8.99 Å². The van der Waals surface area contributed by atoms with Gasteiger partial charge in [0.2, 0.25) is 10.0 Å². The Hall–Kier alpha value is -3.35. The van der Waals surface area contributed by atoms with Gasteiger partial charge in [-0.05, 0) is 51.3 Å². The Bertz CT molecular complexity index is 1600. The minimum Gasteiger partial charge on any atom is -0.493 e. The van der Waals surface area contributed by atoms with Crippen LogP contribution in [0.1, 0.15) is 45.2 Å². The summed E-state index contributed by atoms with van der Waals surface area (Å²) in [5.41, 5.74) is 6.95. The molecule has 3 aromatic rings. The lowest BCUT2D eigenvalue weighted by Crippen LogP contribution is -2.47. The number of ether oxygens (including phenoxy) is 1. The first-order valence-corrected chi connectivity index (χ1v) is 16.5. The third kappa shape index (κ3) is 9.34. The quantitative estimate of drug-likeness (QED) is 0.127. The van der Waals surface area contributed by atoms with Gasteiger partial charge >= 0.3 is 13.1 Å². The number of nitrogens with zero attached hydrogens (tertiary/aromatic N) is 5. The first-order valence-electron chi connectivity index (χ1n) is 15.1. The molecule has 0 amide bonds. The first kappa shape index (κ1) is 36.1. The number of sulfonamides is 1. The van der Waals surface area contributed by atoms with Gasteiger partial charge in [0.25, 0.3) is 5.56 Å². The molecule has 45 heavy (non-hydrogen) atoms. The number of carboxylic acid groups (broad SMARTS) is 1. The molecule has 6 N–H and O–H groups in total. The number of aromatic amines is 1. The predicted molar refractivity (Wildman–Crippen MR) is 170 cm³/mol. The van der Waals surface area contributed by atoms with Crippen molar-refractivity contribution in [2.75, 3.05) is 39.8 Å². The maximum absolute atomic E-state index is 13.3. The van der Waals surface area contributed by atoms with Gasteiger partial charge in [-0.15, -0.1) is 0 Å². The van der Waals surface area contributed by atoms with E-state index in [0.717, 1.165) is 12.1 Å². The number of aromatic nitrogens is 4. The number of hydrogen-bond acceptors (Lipinski definition) is 11. The van der Waals surface area contributed by atoms with Crippen LogP contribution in [-0.2, 0) is 28.3 Å². The van der Waals surface area contributed by atoms with Crippen LogP contribution in [0.15, 0.2) is 27.9 Å². The summed E-state index contributed by atoms with van der Waals surface area (Å²) in [6.07, 6.45) is 3.38. The van der Waals surface area contributed by atoms with Gasteiger partial charge in [-0.1, -0.05) is 26.2 Å². The molecule has 0 radical (unpaired) electrons. The molecule has 0 aliphatic carbocycles. The summed E-state index contributed by atoms with van der Waals surface area (Å²) in [6, 6.07) is 3.88. The number of fused-ring (bicyclic) bond motifs is 1. The predicted octanol–water partition coefficient (Wildman–Crippen LogP) is 0.652. The number of likely N-dealkylation sites (N-methyl/N-ethyl adjacent to an activating group) is 1. The monoisotopic (exact) mass is 649 g/mol. The van der Waals surface area contributed by atoms with Crippen LogP contribution in [0, 0.1) is 0 Å². The van der Waals surface area contributed by atoms with Crippen LogP contribution in [0.2, 0.25) is 6.32 Å². The van der Waals surface area contributed by atoms with Crippen LogP contribution in [0.25, 0.3) is 22.4 Å². The summed E-state index contributed by atoms with van der Waals surface area (Å²) in [7, 11) is -1.31. The zero-order valence-electron chi connectivity index (χ0n) is 26.3. The van der Waals surface area contributed by atoms with E-state index >= 15 is 0 Å². The molecule has 1 aromatic carbocycles. The van der Waals surface area contributed by atoms with E-state index in [1.807, 2.05) is 20.9 Å². The number of unbranched alkanes of at least 4 members (excludes halogenated alkanes) is 1. The molecule has 17 heteroatoms. The Morgan fingerprint density at radius 2 is 1.84 bits per heavy atom. The fraction of sp³-hybridized carbons (Fsp3) is 0.571. The highest BCUT2D eigenvalue weighted by Crippen LogP contribution is 2.32. The van der Waals surface area contributed by atoms with E-state index in [-0.39, 0.29) is 22.6 Å². The Labute approximate surface area is 263 Å². The summed E-state index contributed by atoms with van der Waals surface area (Å²) >= 11 is 0. The standard InChI is InChI=1S/C22H30N6O4S.C6H14BNO4/c1-5-7-17-19-20(27(4)25-17)22(29)24-21(23-19)16-14-15(8-9-18(16)32-6-2)33(30,31)28-12-10-26(3)11-13-28;8-5(6(9)10)3-1-2-4-7(11)12/h8-9,14H,5-7,10-13H2,1-4H3,(H,23,24,29);5,11-12H,1-4,8H2,(H,9,10)/t;5-/m.0/s1. The molecule has 0 saturated carbocycles. The summed E-state index contributed by atoms with van der Waals surface area (Å²) in [5.74, 6) is -0.297. The zero-order chi connectivity index (χ0) is 33.3. The normalized spacial score (nSPS) is 15.0. The number of aliphatic carboxylic acids is 1. The number of H-pyrrole nitrogens is 1. The number of benzene rings is 1. The van der Waals surface area contributed by atoms with Crippen molar-refractivity contribution in [2.45, 2.75) is 63.2 Å².